The van der Waals surface area contributed by atoms with E-state index in [-0.39, 0.29) is 11.2 Å². The summed E-state index contributed by atoms with van der Waals surface area (Å²) in [4.78, 5) is 15.4. The molecule has 0 bridgehead atoms. The van der Waals surface area contributed by atoms with E-state index in [1.807, 2.05) is 6.92 Å². The van der Waals surface area contributed by atoms with E-state index in [9.17, 15) is 18.0 Å². The van der Waals surface area contributed by atoms with Crippen LogP contribution in [0.1, 0.15) is 32.7 Å². The van der Waals surface area contributed by atoms with Crippen molar-refractivity contribution in [3.8, 4) is 0 Å². The second-order valence-corrected chi connectivity index (χ2v) is 7.31. The highest BCUT2D eigenvalue weighted by Gasteiger charge is 2.37. The van der Waals surface area contributed by atoms with Crippen molar-refractivity contribution in [1.82, 2.24) is 15.1 Å². The summed E-state index contributed by atoms with van der Waals surface area (Å²) in [5.41, 5.74) is -0.589. The summed E-state index contributed by atoms with van der Waals surface area (Å²) >= 11 is 0.512. The lowest BCUT2D eigenvalue weighted by atomic mass is 10.2. The van der Waals surface area contributed by atoms with E-state index in [0.717, 1.165) is 0 Å². The molecule has 6 nitrogen and oxygen atoms in total. The number of carbonyl (C=O) groups excluding carboxylic acids is 1. The zero-order valence-electron chi connectivity index (χ0n) is 13.3. The molecular weight excluding hydrogens is 333 g/mol. The molecule has 2 rings (SSSR count). The van der Waals surface area contributed by atoms with Crippen LogP contribution in [0.2, 0.25) is 0 Å². The third-order valence-corrected chi connectivity index (χ3v) is 4.21. The maximum absolute atomic E-state index is 12.6. The van der Waals surface area contributed by atoms with Crippen molar-refractivity contribution in [2.45, 2.75) is 45.5 Å². The Morgan fingerprint density at radius 1 is 1.26 bits per heavy atom. The fourth-order valence-electron chi connectivity index (χ4n) is 2.18. The largest absolute Gasteiger partial charge is 0.445 e. The van der Waals surface area contributed by atoms with Gasteiger partial charge in [0.05, 0.1) is 0 Å². The molecule has 10 heteroatoms. The third kappa shape index (κ3) is 4.46. The van der Waals surface area contributed by atoms with Gasteiger partial charge in [-0.05, 0) is 27.7 Å². The van der Waals surface area contributed by atoms with Crippen LogP contribution < -0.4 is 4.90 Å². The van der Waals surface area contributed by atoms with E-state index in [2.05, 4.69) is 10.2 Å². The Hall–Kier alpha value is -1.58. The lowest BCUT2D eigenvalue weighted by Crippen LogP contribution is -2.55. The average Bonchev–Trinajstić information content (AvgIpc) is 2.85. The molecule has 0 aliphatic carbocycles. The lowest BCUT2D eigenvalue weighted by Gasteiger charge is -2.39. The fourth-order valence-corrected chi connectivity index (χ4v) is 2.93. The zero-order chi connectivity index (χ0) is 17.4. The fraction of sp³-hybridized carbons (Fsp3) is 0.769. The number of carbonyl (C=O) groups is 1. The Morgan fingerprint density at radius 2 is 1.91 bits per heavy atom. The highest BCUT2D eigenvalue weighted by Crippen LogP contribution is 2.34. The normalized spacial score (nSPS) is 19.9. The van der Waals surface area contributed by atoms with Gasteiger partial charge < -0.3 is 14.5 Å². The summed E-state index contributed by atoms with van der Waals surface area (Å²) in [5, 5.41) is 6.05. The molecule has 1 aromatic heterocycles. The Morgan fingerprint density at radius 3 is 2.39 bits per heavy atom. The summed E-state index contributed by atoms with van der Waals surface area (Å²) in [5.74, 6) is 0. The molecule has 0 spiro atoms. The van der Waals surface area contributed by atoms with E-state index in [0.29, 0.717) is 31.0 Å². The minimum atomic E-state index is -4.49. The first-order valence-electron chi connectivity index (χ1n) is 7.12. The van der Waals surface area contributed by atoms with Crippen LogP contribution in [-0.2, 0) is 10.9 Å². The van der Waals surface area contributed by atoms with Gasteiger partial charge in [0.25, 0.3) is 0 Å². The molecule has 1 amide bonds. The van der Waals surface area contributed by atoms with E-state index in [4.69, 9.17) is 4.74 Å². The summed E-state index contributed by atoms with van der Waals surface area (Å²) in [6, 6.07) is -0.197. The van der Waals surface area contributed by atoms with Crippen molar-refractivity contribution in [2.24, 2.45) is 0 Å². The van der Waals surface area contributed by atoms with Crippen LogP contribution in [-0.4, -0.2) is 52.5 Å². The Bertz CT molecular complexity index is 570. The molecular formula is C13H19F3N4O2S. The number of alkyl halides is 3. The van der Waals surface area contributed by atoms with Crippen LogP contribution in [0.15, 0.2) is 0 Å². The van der Waals surface area contributed by atoms with E-state index < -0.39 is 22.9 Å². The van der Waals surface area contributed by atoms with Gasteiger partial charge in [-0.15, -0.1) is 10.2 Å². The van der Waals surface area contributed by atoms with Crippen LogP contribution >= 0.6 is 11.3 Å². The predicted molar refractivity (Wildman–Crippen MR) is 79.5 cm³/mol. The SMILES string of the molecule is CC1CN(c2nnc(C(F)(F)F)s2)CCN1C(=O)OC(C)(C)C. The highest BCUT2D eigenvalue weighted by molar-refractivity contribution is 7.15. The highest BCUT2D eigenvalue weighted by atomic mass is 32.1. The standard InChI is InChI=1S/C13H19F3N4O2S/c1-8-7-19(10-18-17-9(23-10)13(14,15)16)5-6-20(8)11(21)22-12(2,3)4/h8H,5-7H2,1-4H3. The van der Waals surface area contributed by atoms with Crippen LogP contribution in [0.25, 0.3) is 0 Å². The Kier molecular flexibility index (Phi) is 4.74. The predicted octanol–water partition coefficient (Wildman–Crippen LogP) is 3.00. The maximum atomic E-state index is 12.6. The summed E-state index contributed by atoms with van der Waals surface area (Å²) in [6.07, 6.45) is -4.90. The number of aromatic nitrogens is 2. The van der Waals surface area contributed by atoms with Crippen molar-refractivity contribution in [2.75, 3.05) is 24.5 Å². The molecule has 23 heavy (non-hydrogen) atoms. The quantitative estimate of drug-likeness (QED) is 0.778. The van der Waals surface area contributed by atoms with Gasteiger partial charge in [0.2, 0.25) is 10.1 Å². The summed E-state index contributed by atoms with van der Waals surface area (Å²) in [6.45, 7) is 8.30. The maximum Gasteiger partial charge on any atom is 0.445 e. The van der Waals surface area contributed by atoms with Crippen molar-refractivity contribution in [3.63, 3.8) is 0 Å². The number of rotatable bonds is 1. The number of hydrogen-bond acceptors (Lipinski definition) is 6. The van der Waals surface area contributed by atoms with Crippen molar-refractivity contribution in [1.29, 1.82) is 0 Å². The first-order chi connectivity index (χ1) is 10.5. The van der Waals surface area contributed by atoms with Gasteiger partial charge in [-0.2, -0.15) is 13.2 Å². The van der Waals surface area contributed by atoms with Gasteiger partial charge in [0, 0.05) is 25.7 Å². The van der Waals surface area contributed by atoms with Crippen molar-refractivity contribution < 1.29 is 22.7 Å². The van der Waals surface area contributed by atoms with Crippen LogP contribution in [0, 0.1) is 0 Å². The molecule has 0 radical (unpaired) electrons. The minimum Gasteiger partial charge on any atom is -0.444 e. The number of hydrogen-bond donors (Lipinski definition) is 0. The molecule has 1 aliphatic heterocycles. The molecule has 1 unspecified atom stereocenters. The number of halogens is 3. The number of amides is 1. The van der Waals surface area contributed by atoms with Crippen LogP contribution in [0.4, 0.5) is 23.1 Å². The molecule has 0 saturated carbocycles. The van der Waals surface area contributed by atoms with E-state index in [1.165, 1.54) is 0 Å². The Balaban J connectivity index is 2.01. The van der Waals surface area contributed by atoms with Crippen LogP contribution in [0.5, 0.6) is 0 Å². The van der Waals surface area contributed by atoms with Gasteiger partial charge in [0.15, 0.2) is 0 Å². The number of anilines is 1. The Labute approximate surface area is 136 Å². The van der Waals surface area contributed by atoms with Crippen LogP contribution in [0.3, 0.4) is 0 Å². The molecule has 2 heterocycles. The monoisotopic (exact) mass is 352 g/mol. The molecule has 130 valence electrons. The molecule has 0 aromatic carbocycles. The molecule has 1 aliphatic rings. The zero-order valence-corrected chi connectivity index (χ0v) is 14.2. The van der Waals surface area contributed by atoms with E-state index in [1.54, 1.807) is 30.6 Å². The summed E-state index contributed by atoms with van der Waals surface area (Å²) < 4.78 is 43.1. The van der Waals surface area contributed by atoms with Gasteiger partial charge in [-0.1, -0.05) is 11.3 Å². The second kappa shape index (κ2) is 6.14. The average molecular weight is 352 g/mol. The van der Waals surface area contributed by atoms with Gasteiger partial charge >= 0.3 is 12.3 Å². The topological polar surface area (TPSA) is 58.6 Å². The first-order valence-corrected chi connectivity index (χ1v) is 7.94. The van der Waals surface area contributed by atoms with Gasteiger partial charge in [0.1, 0.15) is 5.60 Å². The molecule has 1 atom stereocenters. The molecule has 1 fully saturated rings. The van der Waals surface area contributed by atoms with Gasteiger partial charge in [-0.3, -0.25) is 0 Å². The van der Waals surface area contributed by atoms with Crippen molar-refractivity contribution in [3.05, 3.63) is 5.01 Å². The number of nitrogens with zero attached hydrogens (tertiary/aromatic N) is 4. The minimum absolute atomic E-state index is 0.197. The van der Waals surface area contributed by atoms with Crippen molar-refractivity contribution >= 4 is 22.6 Å². The molecule has 1 aromatic rings. The lowest BCUT2D eigenvalue weighted by molar-refractivity contribution is -0.138. The number of ether oxygens (including phenoxy) is 1. The first kappa shape index (κ1) is 17.8. The second-order valence-electron chi connectivity index (χ2n) is 6.36. The number of piperazine rings is 1. The third-order valence-electron chi connectivity index (χ3n) is 3.18. The van der Waals surface area contributed by atoms with E-state index >= 15 is 0 Å². The molecule has 1 saturated heterocycles. The molecule has 0 N–H and O–H groups in total. The van der Waals surface area contributed by atoms with Gasteiger partial charge in [-0.25, -0.2) is 4.79 Å². The summed E-state index contributed by atoms with van der Waals surface area (Å²) in [7, 11) is 0. The smallest absolute Gasteiger partial charge is 0.444 e.